The smallest absolute Gasteiger partial charge is 0.220 e. The highest BCUT2D eigenvalue weighted by Crippen LogP contribution is 2.13. The Morgan fingerprint density at radius 3 is 2.65 bits per heavy atom. The monoisotopic (exact) mass is 275 g/mol. The van der Waals surface area contributed by atoms with Crippen LogP contribution in [0, 0.1) is 19.7 Å². The number of halogens is 1. The van der Waals surface area contributed by atoms with E-state index in [0.29, 0.717) is 18.5 Å². The molecule has 1 heterocycles. The third-order valence-corrected chi connectivity index (χ3v) is 3.20. The summed E-state index contributed by atoms with van der Waals surface area (Å²) in [6, 6.07) is 8.43. The maximum Gasteiger partial charge on any atom is 0.220 e. The Bertz CT molecular complexity index is 604. The number of hydrogen-bond donors (Lipinski definition) is 1. The molecule has 0 bridgehead atoms. The number of hydrogen-bond acceptors (Lipinski definition) is 2. The quantitative estimate of drug-likeness (QED) is 0.909. The van der Waals surface area contributed by atoms with Gasteiger partial charge in [0.15, 0.2) is 0 Å². The van der Waals surface area contributed by atoms with Crippen LogP contribution in [-0.4, -0.2) is 5.91 Å². The molecule has 0 spiro atoms. The van der Waals surface area contributed by atoms with Crippen LogP contribution in [0.3, 0.4) is 0 Å². The number of rotatable bonds is 5. The number of carbonyl (C=O) groups is 1. The Labute approximate surface area is 117 Å². The Kier molecular flexibility index (Phi) is 4.56. The van der Waals surface area contributed by atoms with E-state index in [1.807, 2.05) is 19.9 Å². The molecule has 1 amide bonds. The minimum absolute atomic E-state index is 0.0912. The SMILES string of the molecule is Cc1cc(CNC(=O)CCc2ccccc2F)c(C)o1. The molecule has 0 aliphatic rings. The maximum atomic E-state index is 13.4. The first-order valence-corrected chi connectivity index (χ1v) is 6.62. The van der Waals surface area contributed by atoms with Crippen molar-refractivity contribution in [1.82, 2.24) is 5.32 Å². The fourth-order valence-electron chi connectivity index (χ4n) is 2.09. The molecule has 3 nitrogen and oxygen atoms in total. The molecule has 0 aliphatic heterocycles. The number of nitrogens with one attached hydrogen (secondary N) is 1. The van der Waals surface area contributed by atoms with Crippen molar-refractivity contribution in [2.75, 3.05) is 0 Å². The lowest BCUT2D eigenvalue weighted by Crippen LogP contribution is -2.23. The number of aryl methyl sites for hydroxylation is 3. The zero-order chi connectivity index (χ0) is 14.5. The minimum Gasteiger partial charge on any atom is -0.466 e. The average Bonchev–Trinajstić information content (AvgIpc) is 2.74. The van der Waals surface area contributed by atoms with Crippen molar-refractivity contribution in [3.05, 3.63) is 58.8 Å². The zero-order valence-electron chi connectivity index (χ0n) is 11.7. The van der Waals surface area contributed by atoms with Gasteiger partial charge in [-0.15, -0.1) is 0 Å². The largest absolute Gasteiger partial charge is 0.466 e. The lowest BCUT2D eigenvalue weighted by molar-refractivity contribution is -0.121. The van der Waals surface area contributed by atoms with E-state index in [-0.39, 0.29) is 18.1 Å². The lowest BCUT2D eigenvalue weighted by Gasteiger charge is -2.05. The highest BCUT2D eigenvalue weighted by molar-refractivity contribution is 5.76. The average molecular weight is 275 g/mol. The van der Waals surface area contributed by atoms with Crippen LogP contribution in [0.2, 0.25) is 0 Å². The van der Waals surface area contributed by atoms with E-state index in [1.165, 1.54) is 6.07 Å². The molecule has 0 saturated heterocycles. The topological polar surface area (TPSA) is 42.2 Å². The van der Waals surface area contributed by atoms with Crippen LogP contribution in [0.4, 0.5) is 4.39 Å². The van der Waals surface area contributed by atoms with Crippen molar-refractivity contribution >= 4 is 5.91 Å². The molecule has 106 valence electrons. The number of carbonyl (C=O) groups excluding carboxylic acids is 1. The molecule has 1 aromatic heterocycles. The summed E-state index contributed by atoms with van der Waals surface area (Å²) in [7, 11) is 0. The maximum absolute atomic E-state index is 13.4. The third kappa shape index (κ3) is 3.70. The van der Waals surface area contributed by atoms with E-state index >= 15 is 0 Å². The summed E-state index contributed by atoms with van der Waals surface area (Å²) in [6.45, 7) is 4.18. The summed E-state index contributed by atoms with van der Waals surface area (Å²) in [5.41, 5.74) is 1.54. The molecular weight excluding hydrogens is 257 g/mol. The summed E-state index contributed by atoms with van der Waals surface area (Å²) >= 11 is 0. The van der Waals surface area contributed by atoms with Gasteiger partial charge in [0.2, 0.25) is 5.91 Å². The van der Waals surface area contributed by atoms with Gasteiger partial charge in [0, 0.05) is 18.5 Å². The van der Waals surface area contributed by atoms with Crippen LogP contribution in [0.15, 0.2) is 34.7 Å². The second-order valence-corrected chi connectivity index (χ2v) is 4.81. The molecule has 1 aromatic carbocycles. The van der Waals surface area contributed by atoms with Crippen molar-refractivity contribution in [3.63, 3.8) is 0 Å². The molecule has 4 heteroatoms. The highest BCUT2D eigenvalue weighted by Gasteiger charge is 2.08. The van der Waals surface area contributed by atoms with Crippen LogP contribution in [-0.2, 0) is 17.8 Å². The summed E-state index contributed by atoms with van der Waals surface area (Å²) in [5, 5.41) is 2.82. The molecule has 1 N–H and O–H groups in total. The first-order chi connectivity index (χ1) is 9.56. The van der Waals surface area contributed by atoms with Crippen LogP contribution in [0.25, 0.3) is 0 Å². The van der Waals surface area contributed by atoms with Gasteiger partial charge in [-0.3, -0.25) is 4.79 Å². The Hall–Kier alpha value is -2.10. The normalized spacial score (nSPS) is 10.6. The molecule has 2 rings (SSSR count). The lowest BCUT2D eigenvalue weighted by atomic mass is 10.1. The molecule has 0 atom stereocenters. The predicted molar refractivity (Wildman–Crippen MR) is 74.7 cm³/mol. The van der Waals surface area contributed by atoms with Crippen LogP contribution >= 0.6 is 0 Å². The molecule has 0 unspecified atom stereocenters. The van der Waals surface area contributed by atoms with Gasteiger partial charge in [-0.2, -0.15) is 0 Å². The third-order valence-electron chi connectivity index (χ3n) is 3.20. The van der Waals surface area contributed by atoms with Gasteiger partial charge in [-0.25, -0.2) is 4.39 Å². The number of furan rings is 1. The van der Waals surface area contributed by atoms with Crippen molar-refractivity contribution in [2.24, 2.45) is 0 Å². The summed E-state index contributed by atoms with van der Waals surface area (Å²) in [5.74, 6) is 1.29. The van der Waals surface area contributed by atoms with E-state index in [2.05, 4.69) is 5.32 Å². The molecule has 0 fully saturated rings. The standard InChI is InChI=1S/C16H18FNO2/c1-11-9-14(12(2)20-11)10-18-16(19)8-7-13-5-3-4-6-15(13)17/h3-6,9H,7-8,10H2,1-2H3,(H,18,19). The predicted octanol–water partition coefficient (Wildman–Crippen LogP) is 3.28. The van der Waals surface area contributed by atoms with Gasteiger partial charge in [-0.05, 0) is 38.0 Å². The van der Waals surface area contributed by atoms with E-state index in [1.54, 1.807) is 18.2 Å². The zero-order valence-corrected chi connectivity index (χ0v) is 11.7. The Morgan fingerprint density at radius 2 is 2.00 bits per heavy atom. The first kappa shape index (κ1) is 14.3. The van der Waals surface area contributed by atoms with Crippen LogP contribution in [0.5, 0.6) is 0 Å². The van der Waals surface area contributed by atoms with Gasteiger partial charge in [0.25, 0.3) is 0 Å². The second kappa shape index (κ2) is 6.37. The fourth-order valence-corrected chi connectivity index (χ4v) is 2.09. The van der Waals surface area contributed by atoms with Gasteiger partial charge in [0.05, 0.1) is 0 Å². The Morgan fingerprint density at radius 1 is 1.25 bits per heavy atom. The van der Waals surface area contributed by atoms with E-state index in [0.717, 1.165) is 17.1 Å². The summed E-state index contributed by atoms with van der Waals surface area (Å²) in [4.78, 5) is 11.8. The van der Waals surface area contributed by atoms with Gasteiger partial charge < -0.3 is 9.73 Å². The highest BCUT2D eigenvalue weighted by atomic mass is 19.1. The van der Waals surface area contributed by atoms with E-state index < -0.39 is 0 Å². The van der Waals surface area contributed by atoms with E-state index in [9.17, 15) is 9.18 Å². The Balaban J connectivity index is 1.82. The van der Waals surface area contributed by atoms with Crippen LogP contribution < -0.4 is 5.32 Å². The molecule has 0 radical (unpaired) electrons. The molecule has 20 heavy (non-hydrogen) atoms. The van der Waals surface area contributed by atoms with Crippen LogP contribution in [0.1, 0.15) is 29.1 Å². The van der Waals surface area contributed by atoms with Crippen molar-refractivity contribution < 1.29 is 13.6 Å². The van der Waals surface area contributed by atoms with Crippen molar-refractivity contribution in [1.29, 1.82) is 0 Å². The van der Waals surface area contributed by atoms with Crippen molar-refractivity contribution in [2.45, 2.75) is 33.2 Å². The molecule has 0 saturated carbocycles. The summed E-state index contributed by atoms with van der Waals surface area (Å²) in [6.07, 6.45) is 0.679. The van der Waals surface area contributed by atoms with E-state index in [4.69, 9.17) is 4.42 Å². The molecule has 2 aromatic rings. The number of amides is 1. The fraction of sp³-hybridized carbons (Fsp3) is 0.312. The molecule has 0 aliphatic carbocycles. The van der Waals surface area contributed by atoms with Gasteiger partial charge in [-0.1, -0.05) is 18.2 Å². The summed E-state index contributed by atoms with van der Waals surface area (Å²) < 4.78 is 18.8. The van der Waals surface area contributed by atoms with Gasteiger partial charge in [0.1, 0.15) is 17.3 Å². The number of benzene rings is 1. The second-order valence-electron chi connectivity index (χ2n) is 4.81. The van der Waals surface area contributed by atoms with Crippen molar-refractivity contribution in [3.8, 4) is 0 Å². The minimum atomic E-state index is -0.262. The molecular formula is C16H18FNO2. The van der Waals surface area contributed by atoms with Gasteiger partial charge >= 0.3 is 0 Å². The first-order valence-electron chi connectivity index (χ1n) is 6.62.